The minimum absolute atomic E-state index is 0.0169. The molecular weight excluding hydrogens is 396 g/mol. The van der Waals surface area contributed by atoms with Gasteiger partial charge in [-0.15, -0.1) is 0 Å². The zero-order chi connectivity index (χ0) is 21.0. The lowest BCUT2D eigenvalue weighted by atomic mass is 10.0. The van der Waals surface area contributed by atoms with E-state index in [1.54, 1.807) is 30.3 Å². The summed E-state index contributed by atoms with van der Waals surface area (Å²) in [6, 6.07) is 10.6. The summed E-state index contributed by atoms with van der Waals surface area (Å²) in [4.78, 5) is 15.2. The molecule has 3 rings (SSSR count). The molecule has 0 atom stereocenters. The first kappa shape index (κ1) is 20.7. The number of benzene rings is 2. The second kappa shape index (κ2) is 8.96. The van der Waals surface area contributed by atoms with Crippen LogP contribution in [-0.2, 0) is 11.2 Å². The van der Waals surface area contributed by atoms with Gasteiger partial charge in [0.15, 0.2) is 6.61 Å². The first-order chi connectivity index (χ1) is 13.9. The van der Waals surface area contributed by atoms with Crippen molar-refractivity contribution in [3.05, 3.63) is 47.0 Å². The molecule has 8 heteroatoms. The van der Waals surface area contributed by atoms with Gasteiger partial charge in [0.2, 0.25) is 5.82 Å². The SMILES string of the molecule is CCc1cc(OCC(=O)O)ccc1-c1noc(-c2ccc(OC(C)C)c(Cl)c2)n1. The summed E-state index contributed by atoms with van der Waals surface area (Å²) in [5.41, 5.74) is 2.39. The van der Waals surface area contributed by atoms with Crippen LogP contribution in [0, 0.1) is 0 Å². The summed E-state index contributed by atoms with van der Waals surface area (Å²) in [6.07, 6.45) is 0.708. The van der Waals surface area contributed by atoms with Crippen molar-refractivity contribution >= 4 is 17.6 Å². The van der Waals surface area contributed by atoms with Crippen molar-refractivity contribution in [1.82, 2.24) is 10.1 Å². The van der Waals surface area contributed by atoms with Crippen LogP contribution in [0.25, 0.3) is 22.8 Å². The molecular formula is C21H21ClN2O5. The molecule has 29 heavy (non-hydrogen) atoms. The Bertz CT molecular complexity index is 1020. The normalized spacial score (nSPS) is 10.9. The van der Waals surface area contributed by atoms with E-state index in [-0.39, 0.29) is 6.10 Å². The molecule has 0 amide bonds. The lowest BCUT2D eigenvalue weighted by molar-refractivity contribution is -0.139. The van der Waals surface area contributed by atoms with Gasteiger partial charge >= 0.3 is 5.97 Å². The Balaban J connectivity index is 1.86. The minimum Gasteiger partial charge on any atom is -0.489 e. The van der Waals surface area contributed by atoms with E-state index in [4.69, 9.17) is 30.7 Å². The molecule has 1 N–H and O–H groups in total. The molecule has 0 spiro atoms. The largest absolute Gasteiger partial charge is 0.489 e. The molecule has 3 aromatic rings. The maximum absolute atomic E-state index is 10.7. The standard InChI is InChI=1S/C21H21ClN2O5/c1-4-13-9-15(27-11-19(25)26)6-7-16(13)20-23-21(29-24-20)14-5-8-18(17(22)10-14)28-12(2)3/h5-10,12H,4,11H2,1-3H3,(H,25,26). The number of halogens is 1. The summed E-state index contributed by atoms with van der Waals surface area (Å²) in [5, 5.41) is 13.3. The van der Waals surface area contributed by atoms with E-state index in [0.717, 1.165) is 11.1 Å². The predicted molar refractivity (Wildman–Crippen MR) is 108 cm³/mol. The fourth-order valence-corrected chi connectivity index (χ4v) is 2.97. The average molecular weight is 417 g/mol. The lowest BCUT2D eigenvalue weighted by Gasteiger charge is -2.11. The number of rotatable bonds is 8. The first-order valence-electron chi connectivity index (χ1n) is 9.15. The van der Waals surface area contributed by atoms with E-state index in [0.29, 0.717) is 40.2 Å². The van der Waals surface area contributed by atoms with E-state index < -0.39 is 12.6 Å². The summed E-state index contributed by atoms with van der Waals surface area (Å²) >= 11 is 6.29. The van der Waals surface area contributed by atoms with Crippen LogP contribution in [0.4, 0.5) is 0 Å². The van der Waals surface area contributed by atoms with Crippen LogP contribution in [0.1, 0.15) is 26.3 Å². The van der Waals surface area contributed by atoms with Crippen LogP contribution in [0.2, 0.25) is 5.02 Å². The predicted octanol–water partition coefficient (Wildman–Crippen LogP) is 4.87. The first-order valence-corrected chi connectivity index (χ1v) is 9.53. The molecule has 0 bridgehead atoms. The van der Waals surface area contributed by atoms with Crippen LogP contribution in [0.3, 0.4) is 0 Å². The summed E-state index contributed by atoms with van der Waals surface area (Å²) < 4.78 is 16.3. The van der Waals surface area contributed by atoms with Crippen LogP contribution >= 0.6 is 11.6 Å². The van der Waals surface area contributed by atoms with Gasteiger partial charge in [-0.2, -0.15) is 4.98 Å². The molecule has 0 radical (unpaired) electrons. The summed E-state index contributed by atoms with van der Waals surface area (Å²) in [7, 11) is 0. The molecule has 1 aromatic heterocycles. The van der Waals surface area contributed by atoms with E-state index >= 15 is 0 Å². The average Bonchev–Trinajstić information content (AvgIpc) is 3.17. The number of carbonyl (C=O) groups is 1. The molecule has 152 valence electrons. The Morgan fingerprint density at radius 2 is 2.03 bits per heavy atom. The monoisotopic (exact) mass is 416 g/mol. The molecule has 0 aliphatic heterocycles. The topological polar surface area (TPSA) is 94.7 Å². The number of nitrogens with zero attached hydrogens (tertiary/aromatic N) is 2. The van der Waals surface area contributed by atoms with E-state index in [1.165, 1.54) is 0 Å². The Hall–Kier alpha value is -3.06. The third kappa shape index (κ3) is 5.06. The van der Waals surface area contributed by atoms with Gasteiger partial charge in [0.05, 0.1) is 11.1 Å². The van der Waals surface area contributed by atoms with Gasteiger partial charge in [0.1, 0.15) is 11.5 Å². The third-order valence-electron chi connectivity index (χ3n) is 4.03. The Morgan fingerprint density at radius 3 is 2.69 bits per heavy atom. The van der Waals surface area contributed by atoms with Gasteiger partial charge in [0, 0.05) is 11.1 Å². The molecule has 7 nitrogen and oxygen atoms in total. The number of aliphatic carboxylic acids is 1. The van der Waals surface area contributed by atoms with Crippen molar-refractivity contribution in [2.75, 3.05) is 6.61 Å². The number of carboxylic acids is 1. The second-order valence-electron chi connectivity index (χ2n) is 6.59. The second-order valence-corrected chi connectivity index (χ2v) is 7.00. The van der Waals surface area contributed by atoms with Crippen LogP contribution in [-0.4, -0.2) is 33.9 Å². The van der Waals surface area contributed by atoms with Gasteiger partial charge in [-0.3, -0.25) is 0 Å². The molecule has 0 aliphatic rings. The highest BCUT2D eigenvalue weighted by Gasteiger charge is 2.16. The maximum atomic E-state index is 10.7. The fraction of sp³-hybridized carbons (Fsp3) is 0.286. The molecule has 0 saturated heterocycles. The zero-order valence-corrected chi connectivity index (χ0v) is 17.1. The number of carboxylic acid groups (broad SMARTS) is 1. The number of hydrogen-bond donors (Lipinski definition) is 1. The number of aromatic nitrogens is 2. The Kier molecular flexibility index (Phi) is 6.39. The zero-order valence-electron chi connectivity index (χ0n) is 16.3. The third-order valence-corrected chi connectivity index (χ3v) is 4.32. The molecule has 0 saturated carbocycles. The molecule has 1 heterocycles. The highest BCUT2D eigenvalue weighted by molar-refractivity contribution is 6.32. The smallest absolute Gasteiger partial charge is 0.341 e. The maximum Gasteiger partial charge on any atom is 0.341 e. The van der Waals surface area contributed by atoms with Crippen molar-refractivity contribution in [1.29, 1.82) is 0 Å². The van der Waals surface area contributed by atoms with Crippen LogP contribution < -0.4 is 9.47 Å². The number of aryl methyl sites for hydroxylation is 1. The Morgan fingerprint density at radius 1 is 1.24 bits per heavy atom. The van der Waals surface area contributed by atoms with Crippen LogP contribution in [0.15, 0.2) is 40.9 Å². The number of ether oxygens (including phenoxy) is 2. The van der Waals surface area contributed by atoms with Crippen molar-refractivity contribution in [2.24, 2.45) is 0 Å². The van der Waals surface area contributed by atoms with Gasteiger partial charge in [0.25, 0.3) is 5.89 Å². The summed E-state index contributed by atoms with van der Waals surface area (Å²) in [6.45, 7) is 5.44. The Labute approximate surface area is 173 Å². The van der Waals surface area contributed by atoms with Gasteiger partial charge in [-0.1, -0.05) is 23.7 Å². The fourth-order valence-electron chi connectivity index (χ4n) is 2.75. The van der Waals surface area contributed by atoms with E-state index in [9.17, 15) is 4.79 Å². The molecule has 0 aliphatic carbocycles. The van der Waals surface area contributed by atoms with Crippen molar-refractivity contribution in [3.63, 3.8) is 0 Å². The van der Waals surface area contributed by atoms with Crippen molar-refractivity contribution < 1.29 is 23.9 Å². The summed E-state index contributed by atoms with van der Waals surface area (Å²) in [5.74, 6) is 0.810. The molecule has 0 fully saturated rings. The van der Waals surface area contributed by atoms with Crippen molar-refractivity contribution in [3.8, 4) is 34.3 Å². The minimum atomic E-state index is -1.03. The quantitative estimate of drug-likeness (QED) is 0.559. The highest BCUT2D eigenvalue weighted by Crippen LogP contribution is 2.32. The lowest BCUT2D eigenvalue weighted by Crippen LogP contribution is -2.09. The van der Waals surface area contributed by atoms with Gasteiger partial charge in [-0.25, -0.2) is 4.79 Å². The molecule has 2 aromatic carbocycles. The van der Waals surface area contributed by atoms with Gasteiger partial charge in [-0.05, 0) is 62.2 Å². The van der Waals surface area contributed by atoms with E-state index in [2.05, 4.69) is 10.1 Å². The van der Waals surface area contributed by atoms with E-state index in [1.807, 2.05) is 26.8 Å². The highest BCUT2D eigenvalue weighted by atomic mass is 35.5. The van der Waals surface area contributed by atoms with Crippen molar-refractivity contribution in [2.45, 2.75) is 33.3 Å². The van der Waals surface area contributed by atoms with Crippen LogP contribution in [0.5, 0.6) is 11.5 Å². The van der Waals surface area contributed by atoms with Gasteiger partial charge < -0.3 is 19.1 Å². The molecule has 0 unspecified atom stereocenters. The number of hydrogen-bond acceptors (Lipinski definition) is 6.